The van der Waals surface area contributed by atoms with E-state index in [2.05, 4.69) is 42.9 Å². The molecular weight excluding hydrogens is 308 g/mol. The fraction of sp³-hybridized carbons (Fsp3) is 0. The van der Waals surface area contributed by atoms with E-state index in [9.17, 15) is 0 Å². The van der Waals surface area contributed by atoms with Crippen LogP contribution in [0.15, 0.2) is 33.3 Å². The molecule has 2 nitrogen and oxygen atoms in total. The Kier molecular flexibility index (Phi) is 2.53. The molecule has 2 aromatic rings. The van der Waals surface area contributed by atoms with Gasteiger partial charge in [-0.25, -0.2) is 0 Å². The quantitative estimate of drug-likeness (QED) is 0.745. The number of fused-ring (bicyclic) bond motifs is 1. The second-order valence-electron chi connectivity index (χ2n) is 2.76. The van der Waals surface area contributed by atoms with E-state index < -0.39 is 0 Å². The number of nitriles is 1. The number of rotatable bonds is 0. The van der Waals surface area contributed by atoms with Gasteiger partial charge in [0, 0.05) is 20.5 Å². The summed E-state index contributed by atoms with van der Waals surface area (Å²) in [5.41, 5.74) is 1.43. The molecule has 1 heterocycles. The molecule has 0 unspecified atom stereocenters. The lowest BCUT2D eigenvalue weighted by Gasteiger charge is -2.01. The molecule has 68 valence electrons. The first-order chi connectivity index (χ1) is 6.72. The number of halogens is 2. The summed E-state index contributed by atoms with van der Waals surface area (Å²) < 4.78 is 1.77. The predicted molar refractivity (Wildman–Crippen MR) is 61.9 cm³/mol. The molecule has 0 aliphatic heterocycles. The predicted octanol–water partition coefficient (Wildman–Crippen LogP) is 3.63. The number of hydrogen-bond donors (Lipinski definition) is 0. The van der Waals surface area contributed by atoms with Gasteiger partial charge in [-0.2, -0.15) is 5.26 Å². The highest BCUT2D eigenvalue weighted by Crippen LogP contribution is 2.27. The van der Waals surface area contributed by atoms with E-state index in [1.165, 1.54) is 0 Å². The van der Waals surface area contributed by atoms with Gasteiger partial charge in [0.2, 0.25) is 0 Å². The van der Waals surface area contributed by atoms with Crippen molar-refractivity contribution in [3.63, 3.8) is 0 Å². The summed E-state index contributed by atoms with van der Waals surface area (Å²) in [5.74, 6) is 0. The standard InChI is InChI=1S/C10H4Br2N2/c11-7-1-2-9-8(3-7)10(12)6(4-13)5-14-9/h1-3,5H. The Morgan fingerprint density at radius 3 is 2.79 bits per heavy atom. The van der Waals surface area contributed by atoms with E-state index in [-0.39, 0.29) is 0 Å². The van der Waals surface area contributed by atoms with Gasteiger partial charge in [0.1, 0.15) is 6.07 Å². The Hall–Kier alpha value is -0.920. The number of benzene rings is 1. The largest absolute Gasteiger partial charge is 0.255 e. The number of pyridine rings is 1. The summed E-state index contributed by atoms with van der Waals surface area (Å²) in [6.45, 7) is 0. The van der Waals surface area contributed by atoms with Crippen molar-refractivity contribution in [3.05, 3.63) is 38.9 Å². The molecule has 2 rings (SSSR count). The fourth-order valence-electron chi connectivity index (χ4n) is 1.21. The Morgan fingerprint density at radius 2 is 2.07 bits per heavy atom. The summed E-state index contributed by atoms with van der Waals surface area (Å²) in [7, 11) is 0. The van der Waals surface area contributed by atoms with Crippen LogP contribution in [0, 0.1) is 11.3 Å². The molecule has 0 bridgehead atoms. The van der Waals surface area contributed by atoms with Crippen LogP contribution in [0.4, 0.5) is 0 Å². The third kappa shape index (κ3) is 1.54. The Balaban J connectivity index is 2.88. The van der Waals surface area contributed by atoms with Gasteiger partial charge in [-0.15, -0.1) is 0 Å². The van der Waals surface area contributed by atoms with Crippen LogP contribution >= 0.6 is 31.9 Å². The van der Waals surface area contributed by atoms with Gasteiger partial charge in [0.05, 0.1) is 11.1 Å². The number of aromatic nitrogens is 1. The van der Waals surface area contributed by atoms with Crippen molar-refractivity contribution in [3.8, 4) is 6.07 Å². The normalized spacial score (nSPS) is 10.1. The minimum absolute atomic E-state index is 0.551. The maximum absolute atomic E-state index is 8.82. The molecule has 14 heavy (non-hydrogen) atoms. The van der Waals surface area contributed by atoms with Crippen LogP contribution in [-0.4, -0.2) is 4.98 Å². The van der Waals surface area contributed by atoms with Crippen molar-refractivity contribution in [2.45, 2.75) is 0 Å². The van der Waals surface area contributed by atoms with Crippen molar-refractivity contribution in [2.24, 2.45) is 0 Å². The molecule has 0 N–H and O–H groups in total. The maximum Gasteiger partial charge on any atom is 0.102 e. The van der Waals surface area contributed by atoms with E-state index >= 15 is 0 Å². The lowest BCUT2D eigenvalue weighted by molar-refractivity contribution is 1.36. The van der Waals surface area contributed by atoms with Crippen LogP contribution in [0.5, 0.6) is 0 Å². The highest BCUT2D eigenvalue weighted by atomic mass is 79.9. The molecule has 4 heteroatoms. The van der Waals surface area contributed by atoms with Gasteiger partial charge in [-0.05, 0) is 34.1 Å². The van der Waals surface area contributed by atoms with Gasteiger partial charge in [0.25, 0.3) is 0 Å². The van der Waals surface area contributed by atoms with Gasteiger partial charge in [0.15, 0.2) is 0 Å². The van der Waals surface area contributed by atoms with E-state index in [0.29, 0.717) is 5.56 Å². The Labute approximate surface area is 97.8 Å². The molecule has 0 amide bonds. The summed E-state index contributed by atoms with van der Waals surface area (Å²) in [4.78, 5) is 4.18. The topological polar surface area (TPSA) is 36.7 Å². The first-order valence-electron chi connectivity index (χ1n) is 3.86. The van der Waals surface area contributed by atoms with Crippen LogP contribution in [0.25, 0.3) is 10.9 Å². The minimum atomic E-state index is 0.551. The van der Waals surface area contributed by atoms with Gasteiger partial charge in [-0.3, -0.25) is 4.98 Å². The molecule has 0 aliphatic carbocycles. The summed E-state index contributed by atoms with van der Waals surface area (Å²) in [6, 6.07) is 7.85. The molecule has 0 saturated carbocycles. The molecule has 0 aliphatic rings. The molecule has 0 radical (unpaired) electrons. The van der Waals surface area contributed by atoms with Gasteiger partial charge < -0.3 is 0 Å². The van der Waals surface area contributed by atoms with E-state index in [4.69, 9.17) is 5.26 Å². The third-order valence-electron chi connectivity index (χ3n) is 1.88. The van der Waals surface area contributed by atoms with Crippen molar-refractivity contribution < 1.29 is 0 Å². The summed E-state index contributed by atoms with van der Waals surface area (Å²) >= 11 is 6.77. The van der Waals surface area contributed by atoms with Crippen molar-refractivity contribution in [1.82, 2.24) is 4.98 Å². The monoisotopic (exact) mass is 310 g/mol. The van der Waals surface area contributed by atoms with Crippen LogP contribution in [0.3, 0.4) is 0 Å². The van der Waals surface area contributed by atoms with Crippen molar-refractivity contribution >= 4 is 42.8 Å². The zero-order valence-electron chi connectivity index (χ0n) is 6.96. The third-order valence-corrected chi connectivity index (χ3v) is 3.23. The first kappa shape index (κ1) is 9.63. The second kappa shape index (κ2) is 3.68. The zero-order chi connectivity index (χ0) is 10.1. The highest BCUT2D eigenvalue weighted by molar-refractivity contribution is 9.11. The van der Waals surface area contributed by atoms with Crippen molar-refractivity contribution in [1.29, 1.82) is 5.26 Å². The second-order valence-corrected chi connectivity index (χ2v) is 4.47. The van der Waals surface area contributed by atoms with E-state index in [0.717, 1.165) is 19.8 Å². The molecule has 0 saturated heterocycles. The highest BCUT2D eigenvalue weighted by Gasteiger charge is 2.05. The molecular formula is C10H4Br2N2. The Morgan fingerprint density at radius 1 is 1.29 bits per heavy atom. The molecule has 0 fully saturated rings. The molecule has 1 aromatic carbocycles. The van der Waals surface area contributed by atoms with Crippen LogP contribution in [-0.2, 0) is 0 Å². The van der Waals surface area contributed by atoms with Crippen LogP contribution < -0.4 is 0 Å². The van der Waals surface area contributed by atoms with Crippen molar-refractivity contribution in [2.75, 3.05) is 0 Å². The van der Waals surface area contributed by atoms with Gasteiger partial charge in [-0.1, -0.05) is 15.9 Å². The molecule has 0 atom stereocenters. The Bertz CT molecular complexity index is 544. The van der Waals surface area contributed by atoms with Crippen LogP contribution in [0.1, 0.15) is 5.56 Å². The zero-order valence-corrected chi connectivity index (χ0v) is 10.1. The SMILES string of the molecule is N#Cc1cnc2ccc(Br)cc2c1Br. The first-order valence-corrected chi connectivity index (χ1v) is 5.45. The fourth-order valence-corrected chi connectivity index (χ4v) is 2.08. The number of hydrogen-bond acceptors (Lipinski definition) is 2. The van der Waals surface area contributed by atoms with Gasteiger partial charge >= 0.3 is 0 Å². The maximum atomic E-state index is 8.82. The summed E-state index contributed by atoms with van der Waals surface area (Å²) in [5, 5.41) is 9.76. The summed E-state index contributed by atoms with van der Waals surface area (Å²) in [6.07, 6.45) is 1.57. The average Bonchev–Trinajstić information content (AvgIpc) is 2.20. The smallest absolute Gasteiger partial charge is 0.102 e. The lowest BCUT2D eigenvalue weighted by atomic mass is 10.2. The lowest BCUT2D eigenvalue weighted by Crippen LogP contribution is -1.85. The number of nitrogens with zero attached hydrogens (tertiary/aromatic N) is 2. The molecule has 0 spiro atoms. The van der Waals surface area contributed by atoms with E-state index in [1.54, 1.807) is 6.20 Å². The minimum Gasteiger partial charge on any atom is -0.255 e. The molecule has 1 aromatic heterocycles. The van der Waals surface area contributed by atoms with E-state index in [1.807, 2.05) is 18.2 Å². The average molecular weight is 312 g/mol. The van der Waals surface area contributed by atoms with Crippen LogP contribution in [0.2, 0.25) is 0 Å².